The van der Waals surface area contributed by atoms with Gasteiger partial charge in [0.25, 0.3) is 0 Å². The van der Waals surface area contributed by atoms with Gasteiger partial charge < -0.3 is 9.32 Å². The minimum atomic E-state index is -0.00173. The van der Waals surface area contributed by atoms with Crippen LogP contribution in [0.25, 0.3) is 33.1 Å². The fourth-order valence-corrected chi connectivity index (χ4v) is 5.12. The molecule has 0 saturated heterocycles. The molecule has 152 valence electrons. The van der Waals surface area contributed by atoms with E-state index in [9.17, 15) is 0 Å². The van der Waals surface area contributed by atoms with Crippen LogP contribution < -0.4 is 4.90 Å². The van der Waals surface area contributed by atoms with Gasteiger partial charge in [-0.3, -0.25) is 0 Å². The van der Waals surface area contributed by atoms with Crippen molar-refractivity contribution >= 4 is 33.3 Å². The molecule has 31 heavy (non-hydrogen) atoms. The molecule has 1 aliphatic rings. The van der Waals surface area contributed by atoms with Crippen LogP contribution in [0.15, 0.2) is 83.3 Å². The Labute approximate surface area is 182 Å². The molecule has 5 aromatic rings. The van der Waals surface area contributed by atoms with E-state index in [4.69, 9.17) is 4.42 Å². The number of para-hydroxylation sites is 1. The maximum absolute atomic E-state index is 6.01. The Morgan fingerprint density at radius 1 is 0.677 bits per heavy atom. The number of furan rings is 1. The third kappa shape index (κ3) is 2.58. The third-order valence-electron chi connectivity index (χ3n) is 6.95. The van der Waals surface area contributed by atoms with Gasteiger partial charge in [0.05, 0.1) is 0 Å². The minimum absolute atomic E-state index is 0.00173. The summed E-state index contributed by atoms with van der Waals surface area (Å²) in [4.78, 5) is 2.27. The summed E-state index contributed by atoms with van der Waals surface area (Å²) < 4.78 is 6.01. The highest BCUT2D eigenvalue weighted by atomic mass is 16.3. The molecule has 1 heterocycles. The average Bonchev–Trinajstić information content (AvgIpc) is 3.25. The molecular weight excluding hydrogens is 378 g/mol. The predicted octanol–water partition coefficient (Wildman–Crippen LogP) is 7.97. The van der Waals surface area contributed by atoms with Gasteiger partial charge in [-0.05, 0) is 65.6 Å². The SMILES string of the molecule is Cc1ccc2c(c1)C(C)(C)c1cc(N(C)c3ccc4oc5ccccc5c4c3)ccc1-2. The summed E-state index contributed by atoms with van der Waals surface area (Å²) in [5.74, 6) is 0. The minimum Gasteiger partial charge on any atom is -0.456 e. The van der Waals surface area contributed by atoms with E-state index in [0.717, 1.165) is 27.6 Å². The first-order chi connectivity index (χ1) is 14.9. The summed E-state index contributed by atoms with van der Waals surface area (Å²) in [5.41, 5.74) is 11.1. The predicted molar refractivity (Wildman–Crippen MR) is 131 cm³/mol. The van der Waals surface area contributed by atoms with E-state index in [1.807, 2.05) is 12.1 Å². The highest BCUT2D eigenvalue weighted by Crippen LogP contribution is 2.50. The van der Waals surface area contributed by atoms with Crippen molar-refractivity contribution in [3.05, 3.63) is 95.6 Å². The molecule has 6 rings (SSSR count). The lowest BCUT2D eigenvalue weighted by molar-refractivity contribution is 0.660. The topological polar surface area (TPSA) is 16.4 Å². The number of anilines is 2. The van der Waals surface area contributed by atoms with Gasteiger partial charge >= 0.3 is 0 Å². The number of aryl methyl sites for hydroxylation is 1. The molecule has 0 radical (unpaired) electrons. The number of benzene rings is 4. The van der Waals surface area contributed by atoms with Crippen molar-refractivity contribution < 1.29 is 4.42 Å². The lowest BCUT2D eigenvalue weighted by Crippen LogP contribution is -2.16. The smallest absolute Gasteiger partial charge is 0.135 e. The second-order valence-electron chi connectivity index (χ2n) is 9.24. The van der Waals surface area contributed by atoms with Crippen LogP contribution in [-0.4, -0.2) is 7.05 Å². The standard InChI is InChI=1S/C29H25NO/c1-18-9-12-21-22-13-10-20(17-26(22)29(2,3)25(21)15-18)30(4)19-11-14-28-24(16-19)23-7-5-6-8-27(23)31-28/h5-17H,1-4H3. The third-order valence-corrected chi connectivity index (χ3v) is 6.95. The Hall–Kier alpha value is -3.52. The second kappa shape index (κ2) is 6.24. The Bertz CT molecular complexity index is 1490. The molecule has 0 fully saturated rings. The Morgan fingerprint density at radius 2 is 1.32 bits per heavy atom. The molecule has 0 atom stereocenters. The molecule has 0 N–H and O–H groups in total. The van der Waals surface area contributed by atoms with Crippen LogP contribution in [0.3, 0.4) is 0 Å². The van der Waals surface area contributed by atoms with Crippen molar-refractivity contribution in [1.29, 1.82) is 0 Å². The first-order valence-electron chi connectivity index (χ1n) is 10.8. The van der Waals surface area contributed by atoms with E-state index in [2.05, 4.69) is 99.4 Å². The summed E-state index contributed by atoms with van der Waals surface area (Å²) in [6, 6.07) is 28.4. The second-order valence-corrected chi connectivity index (χ2v) is 9.24. The maximum Gasteiger partial charge on any atom is 0.135 e. The number of hydrogen-bond acceptors (Lipinski definition) is 2. The quantitative estimate of drug-likeness (QED) is 0.297. The molecule has 1 aliphatic carbocycles. The maximum atomic E-state index is 6.01. The van der Waals surface area contributed by atoms with Gasteiger partial charge in [-0.25, -0.2) is 0 Å². The first-order valence-corrected chi connectivity index (χ1v) is 10.8. The Morgan fingerprint density at radius 3 is 2.16 bits per heavy atom. The van der Waals surface area contributed by atoms with E-state index < -0.39 is 0 Å². The van der Waals surface area contributed by atoms with Gasteiger partial charge in [0.2, 0.25) is 0 Å². The monoisotopic (exact) mass is 403 g/mol. The molecule has 0 unspecified atom stereocenters. The van der Waals surface area contributed by atoms with Crippen molar-refractivity contribution in [2.75, 3.05) is 11.9 Å². The molecule has 2 nitrogen and oxygen atoms in total. The largest absolute Gasteiger partial charge is 0.456 e. The van der Waals surface area contributed by atoms with Gasteiger partial charge in [-0.15, -0.1) is 0 Å². The lowest BCUT2D eigenvalue weighted by Gasteiger charge is -2.25. The van der Waals surface area contributed by atoms with Crippen molar-refractivity contribution in [2.24, 2.45) is 0 Å². The first kappa shape index (κ1) is 18.3. The molecule has 0 amide bonds. The van der Waals surface area contributed by atoms with Crippen molar-refractivity contribution in [2.45, 2.75) is 26.2 Å². The average molecular weight is 404 g/mol. The van der Waals surface area contributed by atoms with Crippen LogP contribution in [0.2, 0.25) is 0 Å². The van der Waals surface area contributed by atoms with Crippen molar-refractivity contribution in [1.82, 2.24) is 0 Å². The van der Waals surface area contributed by atoms with Crippen LogP contribution >= 0.6 is 0 Å². The van der Waals surface area contributed by atoms with E-state index in [1.165, 1.54) is 33.5 Å². The van der Waals surface area contributed by atoms with Crippen LogP contribution in [0.5, 0.6) is 0 Å². The van der Waals surface area contributed by atoms with Crippen LogP contribution in [0.4, 0.5) is 11.4 Å². The zero-order valence-electron chi connectivity index (χ0n) is 18.4. The van der Waals surface area contributed by atoms with Gasteiger partial charge in [0.1, 0.15) is 11.2 Å². The summed E-state index contributed by atoms with van der Waals surface area (Å²) in [5, 5.41) is 2.32. The highest BCUT2D eigenvalue weighted by Gasteiger charge is 2.35. The molecular formula is C29H25NO. The Balaban J connectivity index is 1.45. The van der Waals surface area contributed by atoms with E-state index >= 15 is 0 Å². The fourth-order valence-electron chi connectivity index (χ4n) is 5.12. The summed E-state index contributed by atoms with van der Waals surface area (Å²) in [6.45, 7) is 6.85. The number of fused-ring (bicyclic) bond motifs is 6. The van der Waals surface area contributed by atoms with Gasteiger partial charge in [-0.1, -0.05) is 61.9 Å². The van der Waals surface area contributed by atoms with E-state index in [-0.39, 0.29) is 5.41 Å². The van der Waals surface area contributed by atoms with Crippen molar-refractivity contribution in [3.63, 3.8) is 0 Å². The zero-order valence-corrected chi connectivity index (χ0v) is 18.4. The molecule has 0 spiro atoms. The zero-order chi connectivity index (χ0) is 21.3. The normalized spacial score (nSPS) is 14.1. The van der Waals surface area contributed by atoms with Gasteiger partial charge in [0.15, 0.2) is 0 Å². The molecule has 0 saturated carbocycles. The van der Waals surface area contributed by atoms with Gasteiger partial charge in [-0.2, -0.15) is 0 Å². The lowest BCUT2D eigenvalue weighted by atomic mass is 9.82. The number of hydrogen-bond donors (Lipinski definition) is 0. The molecule has 1 aromatic heterocycles. The molecule has 2 heteroatoms. The summed E-state index contributed by atoms with van der Waals surface area (Å²) in [7, 11) is 2.14. The molecule has 0 aliphatic heterocycles. The Kier molecular flexibility index (Phi) is 3.68. The highest BCUT2D eigenvalue weighted by molar-refractivity contribution is 6.06. The summed E-state index contributed by atoms with van der Waals surface area (Å²) in [6.07, 6.45) is 0. The molecule has 0 bridgehead atoms. The number of nitrogens with zero attached hydrogens (tertiary/aromatic N) is 1. The summed E-state index contributed by atoms with van der Waals surface area (Å²) >= 11 is 0. The van der Waals surface area contributed by atoms with Crippen molar-refractivity contribution in [3.8, 4) is 11.1 Å². The van der Waals surface area contributed by atoms with Crippen LogP contribution in [-0.2, 0) is 5.41 Å². The van der Waals surface area contributed by atoms with E-state index in [0.29, 0.717) is 0 Å². The van der Waals surface area contributed by atoms with E-state index in [1.54, 1.807) is 0 Å². The fraction of sp³-hybridized carbons (Fsp3) is 0.172. The van der Waals surface area contributed by atoms with Crippen LogP contribution in [0, 0.1) is 6.92 Å². The number of rotatable bonds is 2. The van der Waals surface area contributed by atoms with Gasteiger partial charge in [0, 0.05) is 34.6 Å². The molecule has 4 aromatic carbocycles. The van der Waals surface area contributed by atoms with Crippen LogP contribution in [0.1, 0.15) is 30.5 Å².